The van der Waals surface area contributed by atoms with Crippen LogP contribution in [0.3, 0.4) is 0 Å². The molecule has 0 aliphatic carbocycles. The van der Waals surface area contributed by atoms with Crippen LogP contribution in [-0.2, 0) is 0 Å². The van der Waals surface area contributed by atoms with Gasteiger partial charge in [-0.15, -0.1) is 0 Å². The molecule has 3 N–H and O–H groups in total. The normalized spacial score (nSPS) is 11.4. The van der Waals surface area contributed by atoms with Crippen molar-refractivity contribution in [3.63, 3.8) is 0 Å². The van der Waals surface area contributed by atoms with Gasteiger partial charge in [-0.1, -0.05) is 13.8 Å². The fraction of sp³-hybridized carbons (Fsp3) is 0.714. The molecule has 1 aromatic heterocycles. The lowest BCUT2D eigenvalue weighted by Gasteiger charge is -2.30. The van der Waals surface area contributed by atoms with E-state index in [0.717, 1.165) is 30.8 Å². The first-order valence-electron chi connectivity index (χ1n) is 7.00. The summed E-state index contributed by atoms with van der Waals surface area (Å²) < 4.78 is 5.47. The molecular weight excluding hydrogens is 240 g/mol. The van der Waals surface area contributed by atoms with Crippen molar-refractivity contribution in [1.29, 1.82) is 0 Å². The molecule has 0 aromatic carbocycles. The number of hydrogen-bond acceptors (Lipinski definition) is 5. The summed E-state index contributed by atoms with van der Waals surface area (Å²) in [6.07, 6.45) is 3.63. The summed E-state index contributed by atoms with van der Waals surface area (Å²) >= 11 is 0. The third-order valence-corrected chi connectivity index (χ3v) is 3.88. The number of hydrogen-bond donors (Lipinski definition) is 2. The third-order valence-electron chi connectivity index (χ3n) is 3.88. The Kier molecular flexibility index (Phi) is 6.02. The molecule has 1 heterocycles. The molecule has 5 nitrogen and oxygen atoms in total. The van der Waals surface area contributed by atoms with Crippen molar-refractivity contribution in [3.8, 4) is 5.88 Å². The molecule has 1 rings (SSSR count). The highest BCUT2D eigenvalue weighted by atomic mass is 16.5. The van der Waals surface area contributed by atoms with Crippen LogP contribution in [0.15, 0.2) is 6.33 Å². The van der Waals surface area contributed by atoms with Crippen LogP contribution in [0.4, 0.5) is 5.82 Å². The maximum absolute atomic E-state index is 5.91. The number of nitrogens with zero attached hydrogens (tertiary/aromatic N) is 2. The minimum atomic E-state index is 0.128. The topological polar surface area (TPSA) is 73.1 Å². The van der Waals surface area contributed by atoms with Crippen LogP contribution in [0.2, 0.25) is 0 Å². The number of nitrogens with one attached hydrogen (secondary N) is 1. The van der Waals surface area contributed by atoms with Crippen LogP contribution in [0, 0.1) is 12.3 Å². The molecule has 0 unspecified atom stereocenters. The minimum Gasteiger partial charge on any atom is -0.478 e. The molecule has 0 spiro atoms. The van der Waals surface area contributed by atoms with Gasteiger partial charge in [0.05, 0.1) is 12.2 Å². The summed E-state index contributed by atoms with van der Waals surface area (Å²) in [5.74, 6) is 1.48. The quantitative estimate of drug-likeness (QED) is 0.755. The Morgan fingerprint density at radius 3 is 2.47 bits per heavy atom. The molecular formula is C14H26N4O. The fourth-order valence-electron chi connectivity index (χ4n) is 2.03. The van der Waals surface area contributed by atoms with E-state index in [1.165, 1.54) is 6.33 Å². The zero-order chi connectivity index (χ0) is 14.3. The SMILES string of the molecule is CCOc1ncnc(NCC(CC)(CC)CN)c1C. The molecule has 19 heavy (non-hydrogen) atoms. The van der Waals surface area contributed by atoms with E-state index in [1.54, 1.807) is 0 Å². The smallest absolute Gasteiger partial charge is 0.221 e. The Labute approximate surface area is 116 Å². The van der Waals surface area contributed by atoms with Gasteiger partial charge in [0, 0.05) is 6.54 Å². The molecule has 1 aromatic rings. The van der Waals surface area contributed by atoms with Crippen LogP contribution in [0.1, 0.15) is 39.2 Å². The van der Waals surface area contributed by atoms with Crippen LogP contribution >= 0.6 is 0 Å². The van der Waals surface area contributed by atoms with Gasteiger partial charge in [0.25, 0.3) is 0 Å². The van der Waals surface area contributed by atoms with Gasteiger partial charge in [-0.3, -0.25) is 0 Å². The van der Waals surface area contributed by atoms with Crippen molar-refractivity contribution in [1.82, 2.24) is 9.97 Å². The first kappa shape index (κ1) is 15.7. The Balaban J connectivity index is 2.80. The van der Waals surface area contributed by atoms with Gasteiger partial charge in [-0.05, 0) is 38.6 Å². The second-order valence-electron chi connectivity index (χ2n) is 4.85. The van der Waals surface area contributed by atoms with Crippen LogP contribution in [0.25, 0.3) is 0 Å². The number of rotatable bonds is 8. The van der Waals surface area contributed by atoms with Gasteiger partial charge < -0.3 is 15.8 Å². The second-order valence-corrected chi connectivity index (χ2v) is 4.85. The molecule has 0 bridgehead atoms. The van der Waals surface area contributed by atoms with Crippen LogP contribution in [-0.4, -0.2) is 29.7 Å². The summed E-state index contributed by atoms with van der Waals surface area (Å²) in [5, 5.41) is 3.39. The fourth-order valence-corrected chi connectivity index (χ4v) is 2.03. The van der Waals surface area contributed by atoms with Crippen molar-refractivity contribution in [3.05, 3.63) is 11.9 Å². The highest BCUT2D eigenvalue weighted by Gasteiger charge is 2.24. The minimum absolute atomic E-state index is 0.128. The standard InChI is InChI=1S/C14H26N4O/c1-5-14(6-2,8-15)9-16-12-11(4)13(19-7-3)18-10-17-12/h10H,5-9,15H2,1-4H3,(H,16,17,18). The Morgan fingerprint density at radius 2 is 1.95 bits per heavy atom. The first-order chi connectivity index (χ1) is 9.12. The van der Waals surface area contributed by atoms with E-state index in [0.29, 0.717) is 19.0 Å². The Morgan fingerprint density at radius 1 is 1.26 bits per heavy atom. The predicted molar refractivity (Wildman–Crippen MR) is 78.5 cm³/mol. The Bertz CT molecular complexity index is 383. The zero-order valence-corrected chi connectivity index (χ0v) is 12.5. The van der Waals surface area contributed by atoms with Gasteiger partial charge >= 0.3 is 0 Å². The van der Waals surface area contributed by atoms with Gasteiger partial charge in [0.2, 0.25) is 5.88 Å². The molecule has 0 atom stereocenters. The van der Waals surface area contributed by atoms with Crippen molar-refractivity contribution in [2.45, 2.75) is 40.5 Å². The molecule has 108 valence electrons. The van der Waals surface area contributed by atoms with Gasteiger partial charge in [-0.25, -0.2) is 9.97 Å². The molecule has 0 radical (unpaired) electrons. The first-order valence-corrected chi connectivity index (χ1v) is 7.00. The van der Waals surface area contributed by atoms with E-state index >= 15 is 0 Å². The number of aromatic nitrogens is 2. The molecule has 0 aliphatic heterocycles. The third kappa shape index (κ3) is 3.80. The molecule has 0 aliphatic rings. The largest absolute Gasteiger partial charge is 0.478 e. The lowest BCUT2D eigenvalue weighted by Crippen LogP contribution is -2.36. The predicted octanol–water partition coefficient (Wildman–Crippen LogP) is 2.36. The van der Waals surface area contributed by atoms with Gasteiger partial charge in [-0.2, -0.15) is 0 Å². The average Bonchev–Trinajstić information content (AvgIpc) is 2.45. The van der Waals surface area contributed by atoms with Crippen LogP contribution in [0.5, 0.6) is 5.88 Å². The maximum atomic E-state index is 5.91. The van der Waals surface area contributed by atoms with Gasteiger partial charge in [0.1, 0.15) is 12.1 Å². The van der Waals surface area contributed by atoms with Crippen LogP contribution < -0.4 is 15.8 Å². The maximum Gasteiger partial charge on any atom is 0.221 e. The van der Waals surface area contributed by atoms with Gasteiger partial charge in [0.15, 0.2) is 0 Å². The highest BCUT2D eigenvalue weighted by molar-refractivity contribution is 5.47. The second kappa shape index (κ2) is 7.28. The van der Waals surface area contributed by atoms with Crippen molar-refractivity contribution >= 4 is 5.82 Å². The summed E-state index contributed by atoms with van der Waals surface area (Å²) in [5.41, 5.74) is 6.99. The van der Waals surface area contributed by atoms with E-state index in [4.69, 9.17) is 10.5 Å². The van der Waals surface area contributed by atoms with Crippen molar-refractivity contribution in [2.75, 3.05) is 25.0 Å². The molecule has 0 saturated carbocycles. The van der Waals surface area contributed by atoms with Crippen molar-refractivity contribution < 1.29 is 4.74 Å². The number of nitrogens with two attached hydrogens (primary N) is 1. The lowest BCUT2D eigenvalue weighted by molar-refractivity contribution is 0.294. The monoisotopic (exact) mass is 266 g/mol. The van der Waals surface area contributed by atoms with E-state index in [2.05, 4.69) is 29.1 Å². The zero-order valence-electron chi connectivity index (χ0n) is 12.5. The highest BCUT2D eigenvalue weighted by Crippen LogP contribution is 2.27. The summed E-state index contributed by atoms with van der Waals surface area (Å²) in [4.78, 5) is 8.42. The molecule has 5 heteroatoms. The molecule has 0 amide bonds. The van der Waals surface area contributed by atoms with E-state index in [1.807, 2.05) is 13.8 Å². The Hall–Kier alpha value is -1.36. The van der Waals surface area contributed by atoms with Crippen molar-refractivity contribution in [2.24, 2.45) is 11.1 Å². The molecule has 0 saturated heterocycles. The summed E-state index contributed by atoms with van der Waals surface area (Å²) in [6, 6.07) is 0. The van der Waals surface area contributed by atoms with E-state index in [-0.39, 0.29) is 5.41 Å². The summed E-state index contributed by atoms with van der Waals surface area (Å²) in [6.45, 7) is 10.4. The summed E-state index contributed by atoms with van der Waals surface area (Å²) in [7, 11) is 0. The number of anilines is 1. The lowest BCUT2D eigenvalue weighted by atomic mass is 9.82. The van der Waals surface area contributed by atoms with E-state index < -0.39 is 0 Å². The van der Waals surface area contributed by atoms with E-state index in [9.17, 15) is 0 Å². The average molecular weight is 266 g/mol. The number of ether oxygens (including phenoxy) is 1. The molecule has 0 fully saturated rings.